The summed E-state index contributed by atoms with van der Waals surface area (Å²) < 4.78 is 0. The third-order valence-corrected chi connectivity index (χ3v) is 3.17. The molecule has 1 saturated heterocycles. The number of piperidine rings is 1. The fourth-order valence-corrected chi connectivity index (χ4v) is 2.02. The number of hydrogen-bond acceptors (Lipinski definition) is 2. The molecule has 0 radical (unpaired) electrons. The monoisotopic (exact) mass is 219 g/mol. The van der Waals surface area contributed by atoms with Gasteiger partial charge >= 0.3 is 0 Å². The number of benzene rings is 1. The van der Waals surface area contributed by atoms with Crippen LogP contribution >= 0.6 is 0 Å². The molecule has 1 N–H and O–H groups in total. The molecule has 2 rings (SSSR count). The zero-order valence-electron chi connectivity index (χ0n) is 9.47. The number of carbonyl (C=O) groups excluding carboxylic acids is 1. The number of carbonyl (C=O) groups is 1. The highest BCUT2D eigenvalue weighted by Crippen LogP contribution is 2.19. The van der Waals surface area contributed by atoms with E-state index in [1.54, 1.807) is 4.90 Å². The molecule has 1 aromatic carbocycles. The van der Waals surface area contributed by atoms with Gasteiger partial charge in [-0.1, -0.05) is 37.3 Å². The lowest BCUT2D eigenvalue weighted by atomic mass is 9.95. The summed E-state index contributed by atoms with van der Waals surface area (Å²) in [7, 11) is 0. The molecule has 0 spiro atoms. The number of nitrogens with zero attached hydrogens (tertiary/aromatic N) is 1. The molecule has 1 aliphatic rings. The van der Waals surface area contributed by atoms with E-state index in [0.29, 0.717) is 6.54 Å². The molecule has 86 valence electrons. The van der Waals surface area contributed by atoms with Crippen molar-refractivity contribution in [2.75, 3.05) is 6.54 Å². The average Bonchev–Trinajstić information content (AvgIpc) is 2.31. The first-order chi connectivity index (χ1) is 7.68. The zero-order chi connectivity index (χ0) is 11.5. The molecule has 0 saturated carbocycles. The summed E-state index contributed by atoms with van der Waals surface area (Å²) in [5.41, 5.74) is 1.11. The Morgan fingerprint density at radius 1 is 1.38 bits per heavy atom. The Hall–Kier alpha value is -1.35. The Balaban J connectivity index is 2.03. The minimum atomic E-state index is -0.822. The highest BCUT2D eigenvalue weighted by molar-refractivity contribution is 5.81. The number of amides is 1. The van der Waals surface area contributed by atoms with E-state index < -0.39 is 6.10 Å². The fourth-order valence-electron chi connectivity index (χ4n) is 2.02. The Kier molecular flexibility index (Phi) is 3.25. The van der Waals surface area contributed by atoms with Crippen LogP contribution in [0, 0.1) is 5.92 Å². The van der Waals surface area contributed by atoms with Crippen molar-refractivity contribution in [2.45, 2.75) is 26.0 Å². The topological polar surface area (TPSA) is 40.5 Å². The van der Waals surface area contributed by atoms with Crippen molar-refractivity contribution in [3.05, 3.63) is 35.9 Å². The van der Waals surface area contributed by atoms with Gasteiger partial charge in [0.25, 0.3) is 5.91 Å². The minimum Gasteiger partial charge on any atom is -0.383 e. The molecule has 3 heteroatoms. The number of likely N-dealkylation sites (tertiary alicyclic amines) is 1. The van der Waals surface area contributed by atoms with E-state index in [9.17, 15) is 9.90 Å². The Morgan fingerprint density at radius 2 is 2.06 bits per heavy atom. The van der Waals surface area contributed by atoms with Crippen LogP contribution in [0.4, 0.5) is 0 Å². The molecule has 1 aliphatic heterocycles. The van der Waals surface area contributed by atoms with Crippen molar-refractivity contribution in [1.82, 2.24) is 4.90 Å². The summed E-state index contributed by atoms with van der Waals surface area (Å²) in [4.78, 5) is 13.6. The Morgan fingerprint density at radius 3 is 2.75 bits per heavy atom. The van der Waals surface area contributed by atoms with Gasteiger partial charge in [-0.2, -0.15) is 0 Å². The lowest BCUT2D eigenvalue weighted by Crippen LogP contribution is -2.47. The highest BCUT2D eigenvalue weighted by atomic mass is 16.3. The summed E-state index contributed by atoms with van der Waals surface area (Å²) in [6.45, 7) is 3.26. The molecule has 1 heterocycles. The van der Waals surface area contributed by atoms with Gasteiger partial charge in [-0.05, 0) is 17.9 Å². The van der Waals surface area contributed by atoms with E-state index in [-0.39, 0.29) is 11.8 Å². The number of rotatable bonds is 2. The van der Waals surface area contributed by atoms with Crippen molar-refractivity contribution in [2.24, 2.45) is 5.92 Å². The Labute approximate surface area is 95.7 Å². The second-order valence-electron chi connectivity index (χ2n) is 4.46. The van der Waals surface area contributed by atoms with Crippen LogP contribution in [0.25, 0.3) is 0 Å². The van der Waals surface area contributed by atoms with Crippen molar-refractivity contribution >= 4 is 5.91 Å². The van der Waals surface area contributed by atoms with Crippen molar-refractivity contribution in [3.8, 4) is 0 Å². The number of hydrogen-bond donors (Lipinski definition) is 1. The SMILES string of the molecule is CC1CCN(Cc2ccccc2)C(=O)C1O. The predicted octanol–water partition coefficient (Wildman–Crippen LogP) is 1.42. The van der Waals surface area contributed by atoms with Gasteiger partial charge in [-0.3, -0.25) is 4.79 Å². The summed E-state index contributed by atoms with van der Waals surface area (Å²) in [5, 5.41) is 9.70. The maximum Gasteiger partial charge on any atom is 0.251 e. The van der Waals surface area contributed by atoms with Crippen molar-refractivity contribution in [3.63, 3.8) is 0 Å². The third kappa shape index (κ3) is 2.25. The van der Waals surface area contributed by atoms with Gasteiger partial charge in [0.15, 0.2) is 0 Å². The van der Waals surface area contributed by atoms with Gasteiger partial charge in [-0.25, -0.2) is 0 Å². The maximum absolute atomic E-state index is 11.8. The molecule has 2 atom stereocenters. The van der Waals surface area contributed by atoms with Crippen molar-refractivity contribution < 1.29 is 9.90 Å². The molecular formula is C13H17NO2. The van der Waals surface area contributed by atoms with Crippen LogP contribution in [0.5, 0.6) is 0 Å². The Bertz CT molecular complexity index is 363. The zero-order valence-corrected chi connectivity index (χ0v) is 9.47. The van der Waals surface area contributed by atoms with Gasteiger partial charge in [0.1, 0.15) is 6.10 Å². The van der Waals surface area contributed by atoms with E-state index >= 15 is 0 Å². The molecule has 3 nitrogen and oxygen atoms in total. The molecule has 2 unspecified atom stereocenters. The average molecular weight is 219 g/mol. The summed E-state index contributed by atoms with van der Waals surface area (Å²) in [6.07, 6.45) is 0.0529. The smallest absolute Gasteiger partial charge is 0.251 e. The largest absolute Gasteiger partial charge is 0.383 e. The third-order valence-electron chi connectivity index (χ3n) is 3.17. The van der Waals surface area contributed by atoms with Crippen LogP contribution in [0.3, 0.4) is 0 Å². The number of aliphatic hydroxyl groups excluding tert-OH is 1. The number of aliphatic hydroxyl groups is 1. The molecule has 0 bridgehead atoms. The van der Waals surface area contributed by atoms with Gasteiger partial charge in [-0.15, -0.1) is 0 Å². The quantitative estimate of drug-likeness (QED) is 0.817. The first kappa shape index (κ1) is 11.1. The summed E-state index contributed by atoms with van der Waals surface area (Å²) in [6, 6.07) is 9.87. The molecule has 16 heavy (non-hydrogen) atoms. The predicted molar refractivity (Wildman–Crippen MR) is 61.6 cm³/mol. The van der Waals surface area contributed by atoms with Crippen molar-refractivity contribution in [1.29, 1.82) is 0 Å². The fraction of sp³-hybridized carbons (Fsp3) is 0.462. The molecule has 1 aromatic rings. The van der Waals surface area contributed by atoms with E-state index in [1.807, 2.05) is 37.3 Å². The lowest BCUT2D eigenvalue weighted by Gasteiger charge is -2.33. The molecule has 0 aromatic heterocycles. The highest BCUT2D eigenvalue weighted by Gasteiger charge is 2.32. The van der Waals surface area contributed by atoms with E-state index in [4.69, 9.17) is 0 Å². The van der Waals surface area contributed by atoms with Crippen LogP contribution < -0.4 is 0 Å². The molecule has 1 fully saturated rings. The van der Waals surface area contributed by atoms with Crippen LogP contribution in [0.1, 0.15) is 18.9 Å². The first-order valence-electron chi connectivity index (χ1n) is 5.69. The standard InChI is InChI=1S/C13H17NO2/c1-10-7-8-14(13(16)12(10)15)9-11-5-3-2-4-6-11/h2-6,10,12,15H,7-9H2,1H3. The van der Waals surface area contributed by atoms with Gasteiger partial charge in [0.2, 0.25) is 0 Å². The minimum absolute atomic E-state index is 0.0829. The van der Waals surface area contributed by atoms with Crippen LogP contribution in [-0.2, 0) is 11.3 Å². The second-order valence-corrected chi connectivity index (χ2v) is 4.46. The van der Waals surface area contributed by atoms with Gasteiger partial charge < -0.3 is 10.0 Å². The summed E-state index contributed by atoms with van der Waals surface area (Å²) in [5.74, 6) is -0.0536. The van der Waals surface area contributed by atoms with Crippen LogP contribution in [0.2, 0.25) is 0 Å². The first-order valence-corrected chi connectivity index (χ1v) is 5.69. The normalized spacial score (nSPS) is 25.9. The van der Waals surface area contributed by atoms with Crippen LogP contribution in [-0.4, -0.2) is 28.6 Å². The lowest BCUT2D eigenvalue weighted by molar-refractivity contribution is -0.148. The van der Waals surface area contributed by atoms with Gasteiger partial charge in [0, 0.05) is 13.1 Å². The molecule has 0 aliphatic carbocycles. The maximum atomic E-state index is 11.8. The molecule has 1 amide bonds. The molecular weight excluding hydrogens is 202 g/mol. The van der Waals surface area contributed by atoms with E-state index in [1.165, 1.54) is 0 Å². The van der Waals surface area contributed by atoms with E-state index in [2.05, 4.69) is 0 Å². The second kappa shape index (κ2) is 4.66. The van der Waals surface area contributed by atoms with Crippen LogP contribution in [0.15, 0.2) is 30.3 Å². The van der Waals surface area contributed by atoms with Gasteiger partial charge in [0.05, 0.1) is 0 Å². The van der Waals surface area contributed by atoms with E-state index in [0.717, 1.165) is 18.5 Å². The summed E-state index contributed by atoms with van der Waals surface area (Å²) >= 11 is 0.